The van der Waals surface area contributed by atoms with Gasteiger partial charge in [-0.3, -0.25) is 4.99 Å². The number of hydrogen-bond acceptors (Lipinski definition) is 2. The molecular formula is C14H20IN3S. The van der Waals surface area contributed by atoms with Gasteiger partial charge in [-0.05, 0) is 12.1 Å². The monoisotopic (exact) mass is 389 g/mol. The summed E-state index contributed by atoms with van der Waals surface area (Å²) in [6.07, 6.45) is 5.19. The predicted molar refractivity (Wildman–Crippen MR) is 95.4 cm³/mol. The van der Waals surface area contributed by atoms with E-state index in [-0.39, 0.29) is 24.0 Å². The van der Waals surface area contributed by atoms with Gasteiger partial charge in [-0.2, -0.15) is 0 Å². The molecule has 0 radical (unpaired) electrons. The maximum absolute atomic E-state index is 5.19. The van der Waals surface area contributed by atoms with Crippen LogP contribution in [0.3, 0.4) is 0 Å². The third-order valence-electron chi connectivity index (χ3n) is 2.22. The number of thioether (sulfide) groups is 1. The van der Waals surface area contributed by atoms with Gasteiger partial charge in [0, 0.05) is 23.7 Å². The molecule has 0 aliphatic rings. The highest BCUT2D eigenvalue weighted by molar-refractivity contribution is 14.0. The fourth-order valence-electron chi connectivity index (χ4n) is 1.37. The van der Waals surface area contributed by atoms with E-state index in [1.807, 2.05) is 17.8 Å². The second-order valence-electron chi connectivity index (χ2n) is 3.75. The molecule has 2 N–H and O–H groups in total. The zero-order valence-corrected chi connectivity index (χ0v) is 14.4. The molecule has 0 aliphatic heterocycles. The Morgan fingerprint density at radius 1 is 1.37 bits per heavy atom. The van der Waals surface area contributed by atoms with Crippen molar-refractivity contribution in [1.82, 2.24) is 10.6 Å². The Hall–Kier alpha value is -0.870. The standard InChI is InChI=1S/C14H19N3S.HI/c1-4-10-16-14(15-3)17-11-12(2)18-13-8-6-5-7-9-13;/h1,5-9,12H,10-11H2,2-3H3,(H2,15,16,17);1H. The van der Waals surface area contributed by atoms with Gasteiger partial charge in [-0.15, -0.1) is 42.2 Å². The third kappa shape index (κ3) is 8.01. The highest BCUT2D eigenvalue weighted by Crippen LogP contribution is 2.21. The number of rotatable bonds is 5. The highest BCUT2D eigenvalue weighted by Gasteiger charge is 2.05. The maximum Gasteiger partial charge on any atom is 0.191 e. The van der Waals surface area contributed by atoms with E-state index in [1.165, 1.54) is 4.90 Å². The number of aliphatic imine (C=N–C) groups is 1. The smallest absolute Gasteiger partial charge is 0.191 e. The van der Waals surface area contributed by atoms with Crippen LogP contribution in [-0.2, 0) is 0 Å². The number of halogens is 1. The van der Waals surface area contributed by atoms with Gasteiger partial charge in [0.05, 0.1) is 6.54 Å². The van der Waals surface area contributed by atoms with Gasteiger partial charge in [-0.1, -0.05) is 31.0 Å². The summed E-state index contributed by atoms with van der Waals surface area (Å²) >= 11 is 1.83. The Morgan fingerprint density at radius 2 is 2.05 bits per heavy atom. The first-order chi connectivity index (χ1) is 8.76. The van der Waals surface area contributed by atoms with Crippen molar-refractivity contribution < 1.29 is 0 Å². The third-order valence-corrected chi connectivity index (χ3v) is 3.33. The van der Waals surface area contributed by atoms with E-state index in [0.717, 1.165) is 12.5 Å². The van der Waals surface area contributed by atoms with Crippen molar-refractivity contribution in [2.45, 2.75) is 17.1 Å². The molecular weight excluding hydrogens is 369 g/mol. The lowest BCUT2D eigenvalue weighted by Gasteiger charge is -2.14. The molecule has 0 bridgehead atoms. The molecule has 1 unspecified atom stereocenters. The fraction of sp³-hybridized carbons (Fsp3) is 0.357. The molecule has 1 rings (SSSR count). The molecule has 3 nitrogen and oxygen atoms in total. The average Bonchev–Trinajstić information content (AvgIpc) is 2.40. The zero-order valence-electron chi connectivity index (χ0n) is 11.2. The van der Waals surface area contributed by atoms with Crippen LogP contribution in [0.25, 0.3) is 0 Å². The van der Waals surface area contributed by atoms with Crippen molar-refractivity contribution in [2.75, 3.05) is 20.1 Å². The molecule has 0 aromatic heterocycles. The lowest BCUT2D eigenvalue weighted by molar-refractivity contribution is 0.817. The number of terminal acetylenes is 1. The van der Waals surface area contributed by atoms with Gasteiger partial charge in [-0.25, -0.2) is 0 Å². The summed E-state index contributed by atoms with van der Waals surface area (Å²) in [4.78, 5) is 5.37. The van der Waals surface area contributed by atoms with Crippen molar-refractivity contribution in [2.24, 2.45) is 4.99 Å². The Morgan fingerprint density at radius 3 is 2.63 bits per heavy atom. The first kappa shape index (κ1) is 18.1. The lowest BCUT2D eigenvalue weighted by Crippen LogP contribution is -2.40. The largest absolute Gasteiger partial charge is 0.355 e. The van der Waals surface area contributed by atoms with Gasteiger partial charge in [0.2, 0.25) is 0 Å². The first-order valence-electron chi connectivity index (χ1n) is 5.86. The quantitative estimate of drug-likeness (QED) is 0.267. The van der Waals surface area contributed by atoms with E-state index < -0.39 is 0 Å². The minimum Gasteiger partial charge on any atom is -0.355 e. The Labute approximate surface area is 137 Å². The van der Waals surface area contributed by atoms with E-state index in [0.29, 0.717) is 11.8 Å². The minimum atomic E-state index is 0. The average molecular weight is 389 g/mol. The molecule has 0 aliphatic carbocycles. The van der Waals surface area contributed by atoms with Crippen LogP contribution in [0.5, 0.6) is 0 Å². The molecule has 19 heavy (non-hydrogen) atoms. The maximum atomic E-state index is 5.19. The SMILES string of the molecule is C#CCNC(=NC)NCC(C)Sc1ccccc1.I. The molecule has 1 atom stereocenters. The van der Waals surface area contributed by atoms with Gasteiger partial charge in [0.25, 0.3) is 0 Å². The van der Waals surface area contributed by atoms with Crippen LogP contribution in [0, 0.1) is 12.3 Å². The summed E-state index contributed by atoms with van der Waals surface area (Å²) in [5, 5.41) is 6.73. The van der Waals surface area contributed by atoms with Crippen LogP contribution in [-0.4, -0.2) is 31.3 Å². The van der Waals surface area contributed by atoms with Gasteiger partial charge in [0.15, 0.2) is 5.96 Å². The molecule has 0 fully saturated rings. The van der Waals surface area contributed by atoms with Gasteiger partial charge in [0.1, 0.15) is 0 Å². The highest BCUT2D eigenvalue weighted by atomic mass is 127. The molecule has 1 aromatic carbocycles. The number of hydrogen-bond donors (Lipinski definition) is 2. The Bertz CT molecular complexity index is 414. The second kappa shape index (κ2) is 11.0. The zero-order chi connectivity index (χ0) is 13.2. The minimum absolute atomic E-state index is 0. The number of nitrogens with one attached hydrogen (secondary N) is 2. The van der Waals surface area contributed by atoms with Crippen molar-refractivity contribution in [3.8, 4) is 12.3 Å². The summed E-state index contributed by atoms with van der Waals surface area (Å²) < 4.78 is 0. The van der Waals surface area contributed by atoms with E-state index in [4.69, 9.17) is 6.42 Å². The van der Waals surface area contributed by atoms with E-state index in [2.05, 4.69) is 52.7 Å². The number of guanidine groups is 1. The summed E-state index contributed by atoms with van der Waals surface area (Å²) in [6, 6.07) is 10.4. The van der Waals surface area contributed by atoms with Crippen LogP contribution in [0.4, 0.5) is 0 Å². The Kier molecular flexibility index (Phi) is 10.5. The van der Waals surface area contributed by atoms with Crippen molar-refractivity contribution >= 4 is 41.7 Å². The normalized spacial score (nSPS) is 11.9. The van der Waals surface area contributed by atoms with Crippen LogP contribution < -0.4 is 10.6 Å². The summed E-state index contributed by atoms with van der Waals surface area (Å²) in [6.45, 7) is 3.50. The van der Waals surface area contributed by atoms with Crippen molar-refractivity contribution in [3.63, 3.8) is 0 Å². The molecule has 0 saturated carbocycles. The summed E-state index contributed by atoms with van der Waals surface area (Å²) in [5.41, 5.74) is 0. The predicted octanol–water partition coefficient (Wildman–Crippen LogP) is 2.58. The molecule has 0 saturated heterocycles. The van der Waals surface area contributed by atoms with Gasteiger partial charge < -0.3 is 10.6 Å². The topological polar surface area (TPSA) is 36.4 Å². The second-order valence-corrected chi connectivity index (χ2v) is 5.26. The van der Waals surface area contributed by atoms with Crippen molar-refractivity contribution in [3.05, 3.63) is 30.3 Å². The van der Waals surface area contributed by atoms with Crippen LogP contribution in [0.2, 0.25) is 0 Å². The van der Waals surface area contributed by atoms with Crippen LogP contribution in [0.15, 0.2) is 40.2 Å². The number of benzene rings is 1. The Balaban J connectivity index is 0.00000324. The molecule has 0 amide bonds. The molecule has 1 aromatic rings. The molecule has 0 spiro atoms. The number of nitrogens with zero attached hydrogens (tertiary/aromatic N) is 1. The summed E-state index contributed by atoms with van der Waals surface area (Å²) in [7, 11) is 1.74. The van der Waals surface area contributed by atoms with Crippen molar-refractivity contribution in [1.29, 1.82) is 0 Å². The van der Waals surface area contributed by atoms with E-state index >= 15 is 0 Å². The molecule has 104 valence electrons. The van der Waals surface area contributed by atoms with Gasteiger partial charge >= 0.3 is 0 Å². The van der Waals surface area contributed by atoms with E-state index in [1.54, 1.807) is 7.05 Å². The lowest BCUT2D eigenvalue weighted by atomic mass is 10.4. The first-order valence-corrected chi connectivity index (χ1v) is 6.74. The van der Waals surface area contributed by atoms with Crippen LogP contribution >= 0.6 is 35.7 Å². The van der Waals surface area contributed by atoms with Crippen LogP contribution in [0.1, 0.15) is 6.92 Å². The molecule has 0 heterocycles. The fourth-order valence-corrected chi connectivity index (χ4v) is 2.31. The summed E-state index contributed by atoms with van der Waals surface area (Å²) in [5.74, 6) is 3.27. The molecule has 5 heteroatoms. The van der Waals surface area contributed by atoms with E-state index in [9.17, 15) is 0 Å².